The number of amides is 1. The Bertz CT molecular complexity index is 1110. The zero-order valence-corrected chi connectivity index (χ0v) is 15.8. The van der Waals surface area contributed by atoms with Crippen LogP contribution in [0, 0.1) is 10.1 Å². The third-order valence-corrected chi connectivity index (χ3v) is 4.74. The molecule has 1 aliphatic heterocycles. The minimum atomic E-state index is -0.565. The zero-order valence-electron chi connectivity index (χ0n) is 15.0. The molecular formula is C19H15ClN6O3. The second-order valence-electron chi connectivity index (χ2n) is 6.27. The van der Waals surface area contributed by atoms with Crippen LogP contribution in [0.5, 0.6) is 0 Å². The number of para-hydroxylation sites is 1. The number of hydrogen-bond acceptors (Lipinski definition) is 7. The molecule has 9 nitrogen and oxygen atoms in total. The molecule has 1 aliphatic rings. The Morgan fingerprint density at radius 1 is 1.17 bits per heavy atom. The number of halogens is 1. The van der Waals surface area contributed by atoms with Gasteiger partial charge in [-0.3, -0.25) is 25.8 Å². The van der Waals surface area contributed by atoms with Gasteiger partial charge in [0.15, 0.2) is 0 Å². The number of nitro groups is 1. The first-order chi connectivity index (χ1) is 14.0. The number of benzene rings is 2. The molecule has 2 aromatic carbocycles. The molecule has 1 aromatic heterocycles. The smallest absolute Gasteiger partial charge is 0.320 e. The molecule has 0 bridgehead atoms. The fraction of sp³-hybridized carbons (Fsp3) is 0.105. The van der Waals surface area contributed by atoms with E-state index in [-0.39, 0.29) is 17.3 Å². The molecule has 0 radical (unpaired) electrons. The van der Waals surface area contributed by atoms with Gasteiger partial charge in [0.1, 0.15) is 6.33 Å². The number of carbonyl (C=O) groups excluding carboxylic acids is 1. The molecule has 2 heterocycles. The van der Waals surface area contributed by atoms with E-state index in [1.807, 2.05) is 24.3 Å². The predicted molar refractivity (Wildman–Crippen MR) is 108 cm³/mol. The average Bonchev–Trinajstić information content (AvgIpc) is 3.15. The van der Waals surface area contributed by atoms with Gasteiger partial charge in [0.25, 0.3) is 5.91 Å². The molecule has 10 heteroatoms. The van der Waals surface area contributed by atoms with Crippen LogP contribution in [0.2, 0.25) is 5.02 Å². The Hall–Kier alpha value is -3.72. The standard InChI is InChI=1S/C19H15ClN6O3/c20-14-6-3-5-13(10-14)19(27)24-23-17-16(26(28)29)18(22-11-21-17)25-9-8-12-4-1-2-7-15(12)25/h1-7,10-11H,8-9H2,(H,24,27)(H,21,22,23). The molecule has 29 heavy (non-hydrogen) atoms. The van der Waals surface area contributed by atoms with Crippen LogP contribution in [0.15, 0.2) is 54.9 Å². The summed E-state index contributed by atoms with van der Waals surface area (Å²) < 4.78 is 0. The normalized spacial score (nSPS) is 12.4. The molecule has 2 N–H and O–H groups in total. The topological polar surface area (TPSA) is 113 Å². The van der Waals surface area contributed by atoms with Gasteiger partial charge in [0.05, 0.1) is 4.92 Å². The quantitative estimate of drug-likeness (QED) is 0.488. The highest BCUT2D eigenvalue weighted by atomic mass is 35.5. The fourth-order valence-electron chi connectivity index (χ4n) is 3.20. The second-order valence-corrected chi connectivity index (χ2v) is 6.71. The number of anilines is 3. The Morgan fingerprint density at radius 2 is 2.00 bits per heavy atom. The number of carbonyl (C=O) groups is 1. The summed E-state index contributed by atoms with van der Waals surface area (Å²) in [7, 11) is 0. The number of hydrogen-bond donors (Lipinski definition) is 2. The van der Waals surface area contributed by atoms with Gasteiger partial charge in [-0.05, 0) is 36.2 Å². The van der Waals surface area contributed by atoms with Gasteiger partial charge < -0.3 is 4.90 Å². The second kappa shape index (κ2) is 7.72. The van der Waals surface area contributed by atoms with Crippen LogP contribution in [0.4, 0.5) is 23.0 Å². The van der Waals surface area contributed by atoms with Gasteiger partial charge in [-0.15, -0.1) is 0 Å². The number of fused-ring (bicyclic) bond motifs is 1. The number of rotatable bonds is 5. The van der Waals surface area contributed by atoms with Crippen LogP contribution < -0.4 is 15.8 Å². The molecule has 1 amide bonds. The average molecular weight is 411 g/mol. The molecule has 0 atom stereocenters. The van der Waals surface area contributed by atoms with E-state index >= 15 is 0 Å². The van der Waals surface area contributed by atoms with Crippen LogP contribution in [0.1, 0.15) is 15.9 Å². The maximum absolute atomic E-state index is 12.3. The van der Waals surface area contributed by atoms with E-state index < -0.39 is 10.8 Å². The Balaban J connectivity index is 1.63. The van der Waals surface area contributed by atoms with Crippen molar-refractivity contribution < 1.29 is 9.72 Å². The Kier molecular flexibility index (Phi) is 4.96. The van der Waals surface area contributed by atoms with Crippen molar-refractivity contribution in [3.8, 4) is 0 Å². The monoisotopic (exact) mass is 410 g/mol. The van der Waals surface area contributed by atoms with Gasteiger partial charge in [-0.1, -0.05) is 35.9 Å². The van der Waals surface area contributed by atoms with Crippen LogP contribution in [0.25, 0.3) is 0 Å². The van der Waals surface area contributed by atoms with Crippen LogP contribution in [-0.2, 0) is 6.42 Å². The van der Waals surface area contributed by atoms with Crippen molar-refractivity contribution in [1.29, 1.82) is 0 Å². The van der Waals surface area contributed by atoms with Gasteiger partial charge in [-0.25, -0.2) is 9.97 Å². The molecule has 0 saturated heterocycles. The lowest BCUT2D eigenvalue weighted by Gasteiger charge is -2.19. The first-order valence-corrected chi connectivity index (χ1v) is 9.09. The third kappa shape index (κ3) is 3.67. The predicted octanol–water partition coefficient (Wildman–Crippen LogP) is 3.49. The van der Waals surface area contributed by atoms with Crippen molar-refractivity contribution in [2.45, 2.75) is 6.42 Å². The van der Waals surface area contributed by atoms with Crippen LogP contribution in [-0.4, -0.2) is 27.3 Å². The highest BCUT2D eigenvalue weighted by Gasteiger charge is 2.31. The van der Waals surface area contributed by atoms with Gasteiger partial charge >= 0.3 is 5.69 Å². The minimum Gasteiger partial charge on any atom is -0.320 e. The van der Waals surface area contributed by atoms with Gasteiger partial charge in [0.2, 0.25) is 11.6 Å². The van der Waals surface area contributed by atoms with E-state index in [1.54, 1.807) is 23.1 Å². The van der Waals surface area contributed by atoms with E-state index in [0.717, 1.165) is 17.7 Å². The Morgan fingerprint density at radius 3 is 2.79 bits per heavy atom. The summed E-state index contributed by atoms with van der Waals surface area (Å²) in [4.78, 5) is 33.4. The van der Waals surface area contributed by atoms with E-state index in [4.69, 9.17) is 11.6 Å². The summed E-state index contributed by atoms with van der Waals surface area (Å²) in [5.41, 5.74) is 6.88. The SMILES string of the molecule is O=C(NNc1ncnc(N2CCc3ccccc32)c1[N+](=O)[O-])c1cccc(Cl)c1. The van der Waals surface area contributed by atoms with Crippen LogP contribution >= 0.6 is 11.6 Å². The lowest BCUT2D eigenvalue weighted by Crippen LogP contribution is -2.30. The molecular weight excluding hydrogens is 396 g/mol. The number of hydrazine groups is 1. The molecule has 0 spiro atoms. The van der Waals surface area contributed by atoms with Crippen molar-refractivity contribution in [2.24, 2.45) is 0 Å². The van der Waals surface area contributed by atoms with Crippen molar-refractivity contribution in [2.75, 3.05) is 16.9 Å². The van der Waals surface area contributed by atoms with Crippen molar-refractivity contribution >= 4 is 40.5 Å². The van der Waals surface area contributed by atoms with E-state index in [9.17, 15) is 14.9 Å². The summed E-state index contributed by atoms with van der Waals surface area (Å²) in [6.07, 6.45) is 1.97. The van der Waals surface area contributed by atoms with E-state index in [0.29, 0.717) is 17.1 Å². The zero-order chi connectivity index (χ0) is 20.4. The summed E-state index contributed by atoms with van der Waals surface area (Å²) in [6.45, 7) is 0.561. The maximum Gasteiger partial charge on any atom is 0.355 e. The molecule has 3 aromatic rings. The lowest BCUT2D eigenvalue weighted by molar-refractivity contribution is -0.383. The summed E-state index contributed by atoms with van der Waals surface area (Å²) >= 11 is 5.89. The largest absolute Gasteiger partial charge is 0.355 e. The fourth-order valence-corrected chi connectivity index (χ4v) is 3.39. The highest BCUT2D eigenvalue weighted by Crippen LogP contribution is 2.39. The van der Waals surface area contributed by atoms with Crippen molar-refractivity contribution in [1.82, 2.24) is 15.4 Å². The highest BCUT2D eigenvalue weighted by molar-refractivity contribution is 6.30. The van der Waals surface area contributed by atoms with E-state index in [2.05, 4.69) is 20.8 Å². The first-order valence-electron chi connectivity index (χ1n) is 8.71. The lowest BCUT2D eigenvalue weighted by atomic mass is 10.2. The van der Waals surface area contributed by atoms with Gasteiger partial charge in [0, 0.05) is 22.8 Å². The number of aromatic nitrogens is 2. The molecule has 146 valence electrons. The summed E-state index contributed by atoms with van der Waals surface area (Å²) in [5, 5.41) is 12.2. The molecule has 0 fully saturated rings. The van der Waals surface area contributed by atoms with Crippen molar-refractivity contribution in [3.63, 3.8) is 0 Å². The Labute approximate surface area is 170 Å². The third-order valence-electron chi connectivity index (χ3n) is 4.51. The van der Waals surface area contributed by atoms with E-state index in [1.165, 1.54) is 12.4 Å². The minimum absolute atomic E-state index is 0.111. The number of nitrogens with zero attached hydrogens (tertiary/aromatic N) is 4. The van der Waals surface area contributed by atoms with Gasteiger partial charge in [-0.2, -0.15) is 0 Å². The van der Waals surface area contributed by atoms with Crippen LogP contribution in [0.3, 0.4) is 0 Å². The first kappa shape index (κ1) is 18.6. The summed E-state index contributed by atoms with van der Waals surface area (Å²) in [6, 6.07) is 14.0. The summed E-state index contributed by atoms with van der Waals surface area (Å²) in [5.74, 6) is -0.456. The molecule has 4 rings (SSSR count). The maximum atomic E-state index is 12.3. The number of nitrogens with one attached hydrogen (secondary N) is 2. The van der Waals surface area contributed by atoms with Crippen molar-refractivity contribution in [3.05, 3.63) is 81.1 Å². The molecule has 0 aliphatic carbocycles. The molecule has 0 unspecified atom stereocenters. The molecule has 0 saturated carbocycles.